The quantitative estimate of drug-likeness (QED) is 0.742. The van der Waals surface area contributed by atoms with E-state index >= 15 is 0 Å². The molecule has 0 atom stereocenters. The molecule has 1 saturated heterocycles. The molecule has 0 unspecified atom stereocenters. The molecule has 1 aliphatic heterocycles. The predicted octanol–water partition coefficient (Wildman–Crippen LogP) is 2.60. The van der Waals surface area contributed by atoms with Gasteiger partial charge in [-0.3, -0.25) is 9.88 Å². The van der Waals surface area contributed by atoms with Crippen molar-refractivity contribution in [1.29, 1.82) is 0 Å². The molecule has 0 amide bonds. The Morgan fingerprint density at radius 1 is 1.20 bits per heavy atom. The van der Waals surface area contributed by atoms with Crippen LogP contribution in [0, 0.1) is 5.82 Å². The van der Waals surface area contributed by atoms with Gasteiger partial charge < -0.3 is 0 Å². The number of hydrogen-bond donors (Lipinski definition) is 0. The Balaban J connectivity index is 1.98. The molecule has 82 valence electrons. The largest absolute Gasteiger partial charge is 0.297 e. The van der Waals surface area contributed by atoms with Gasteiger partial charge in [0.25, 0.3) is 0 Å². The molecule has 2 heterocycles. The standard InChI is InChI=1S/C12H17FN2/c13-11-6-5-7-14-12(11)10-15-8-3-1-2-4-9-15/h5-7H,1-4,8-10H2. The summed E-state index contributed by atoms with van der Waals surface area (Å²) in [6.45, 7) is 2.82. The summed E-state index contributed by atoms with van der Waals surface area (Å²) in [5.74, 6) is -0.179. The molecule has 0 bridgehead atoms. The van der Waals surface area contributed by atoms with Gasteiger partial charge in [0.2, 0.25) is 0 Å². The highest BCUT2D eigenvalue weighted by Gasteiger charge is 2.12. The van der Waals surface area contributed by atoms with Gasteiger partial charge in [-0.1, -0.05) is 12.8 Å². The molecule has 1 fully saturated rings. The number of aromatic nitrogens is 1. The fourth-order valence-corrected chi connectivity index (χ4v) is 2.04. The zero-order valence-electron chi connectivity index (χ0n) is 8.95. The Hall–Kier alpha value is -0.960. The third kappa shape index (κ3) is 2.99. The fraction of sp³-hybridized carbons (Fsp3) is 0.583. The summed E-state index contributed by atoms with van der Waals surface area (Å²) in [5.41, 5.74) is 0.583. The van der Waals surface area contributed by atoms with Gasteiger partial charge in [-0.2, -0.15) is 0 Å². The smallest absolute Gasteiger partial charge is 0.146 e. The number of likely N-dealkylation sites (tertiary alicyclic amines) is 1. The summed E-state index contributed by atoms with van der Waals surface area (Å²) >= 11 is 0. The minimum Gasteiger partial charge on any atom is -0.297 e. The van der Waals surface area contributed by atoms with E-state index in [0.29, 0.717) is 12.2 Å². The Kier molecular flexibility index (Phi) is 3.67. The monoisotopic (exact) mass is 208 g/mol. The van der Waals surface area contributed by atoms with E-state index in [1.54, 1.807) is 12.3 Å². The lowest BCUT2D eigenvalue weighted by atomic mass is 10.2. The number of hydrogen-bond acceptors (Lipinski definition) is 2. The van der Waals surface area contributed by atoms with Crippen molar-refractivity contribution in [2.75, 3.05) is 13.1 Å². The van der Waals surface area contributed by atoms with Crippen molar-refractivity contribution in [2.24, 2.45) is 0 Å². The number of pyridine rings is 1. The van der Waals surface area contributed by atoms with E-state index in [2.05, 4.69) is 9.88 Å². The highest BCUT2D eigenvalue weighted by atomic mass is 19.1. The van der Waals surface area contributed by atoms with Crippen LogP contribution in [0.2, 0.25) is 0 Å². The van der Waals surface area contributed by atoms with Crippen LogP contribution < -0.4 is 0 Å². The second kappa shape index (κ2) is 5.21. The lowest BCUT2D eigenvalue weighted by molar-refractivity contribution is 0.269. The fourth-order valence-electron chi connectivity index (χ4n) is 2.04. The molecule has 0 aliphatic carbocycles. The van der Waals surface area contributed by atoms with E-state index in [0.717, 1.165) is 13.1 Å². The zero-order valence-corrected chi connectivity index (χ0v) is 8.95. The topological polar surface area (TPSA) is 16.1 Å². The van der Waals surface area contributed by atoms with Gasteiger partial charge in [-0.05, 0) is 38.1 Å². The van der Waals surface area contributed by atoms with Crippen LogP contribution in [0.1, 0.15) is 31.4 Å². The maximum atomic E-state index is 13.4. The number of nitrogens with zero attached hydrogens (tertiary/aromatic N) is 2. The Bertz CT molecular complexity index is 306. The van der Waals surface area contributed by atoms with Crippen LogP contribution in [0.15, 0.2) is 18.3 Å². The minimum absolute atomic E-state index is 0.179. The molecule has 0 spiro atoms. The summed E-state index contributed by atoms with van der Waals surface area (Å²) in [6, 6.07) is 3.13. The molecule has 2 nitrogen and oxygen atoms in total. The van der Waals surface area contributed by atoms with Gasteiger partial charge in [0.1, 0.15) is 5.82 Å². The minimum atomic E-state index is -0.179. The van der Waals surface area contributed by atoms with Gasteiger partial charge in [0.15, 0.2) is 0 Å². The molecule has 3 heteroatoms. The van der Waals surface area contributed by atoms with Crippen LogP contribution >= 0.6 is 0 Å². The van der Waals surface area contributed by atoms with Crippen LogP contribution in [-0.2, 0) is 6.54 Å². The van der Waals surface area contributed by atoms with Crippen LogP contribution in [0.5, 0.6) is 0 Å². The van der Waals surface area contributed by atoms with E-state index in [1.807, 2.05) is 0 Å². The average Bonchev–Trinajstić information content (AvgIpc) is 2.50. The Labute approximate surface area is 90.1 Å². The molecule has 15 heavy (non-hydrogen) atoms. The highest BCUT2D eigenvalue weighted by Crippen LogP contribution is 2.13. The van der Waals surface area contributed by atoms with Gasteiger partial charge in [-0.25, -0.2) is 4.39 Å². The predicted molar refractivity (Wildman–Crippen MR) is 57.9 cm³/mol. The van der Waals surface area contributed by atoms with Crippen molar-refractivity contribution >= 4 is 0 Å². The molecule has 0 radical (unpaired) electrons. The SMILES string of the molecule is Fc1cccnc1CN1CCCCCC1. The normalized spacial score (nSPS) is 18.7. The summed E-state index contributed by atoms with van der Waals surface area (Å²) in [7, 11) is 0. The first kappa shape index (κ1) is 10.6. The maximum Gasteiger partial charge on any atom is 0.146 e. The van der Waals surface area contributed by atoms with Crippen molar-refractivity contribution in [3.8, 4) is 0 Å². The molecule has 1 aliphatic rings. The van der Waals surface area contributed by atoms with Crippen LogP contribution in [0.4, 0.5) is 4.39 Å². The first-order valence-electron chi connectivity index (χ1n) is 5.68. The third-order valence-electron chi connectivity index (χ3n) is 2.91. The van der Waals surface area contributed by atoms with E-state index in [9.17, 15) is 4.39 Å². The maximum absolute atomic E-state index is 13.4. The van der Waals surface area contributed by atoms with Gasteiger partial charge >= 0.3 is 0 Å². The second-order valence-corrected chi connectivity index (χ2v) is 4.12. The molecule has 0 aromatic carbocycles. The summed E-state index contributed by atoms with van der Waals surface area (Å²) in [6.07, 6.45) is 6.74. The van der Waals surface area contributed by atoms with Crippen molar-refractivity contribution in [3.63, 3.8) is 0 Å². The molecule has 0 saturated carbocycles. The van der Waals surface area contributed by atoms with Gasteiger partial charge in [0, 0.05) is 12.7 Å². The van der Waals surface area contributed by atoms with Crippen molar-refractivity contribution in [2.45, 2.75) is 32.2 Å². The van der Waals surface area contributed by atoms with Crippen LogP contribution in [0.3, 0.4) is 0 Å². The third-order valence-corrected chi connectivity index (χ3v) is 2.91. The highest BCUT2D eigenvalue weighted by molar-refractivity contribution is 5.06. The Morgan fingerprint density at radius 3 is 2.60 bits per heavy atom. The van der Waals surface area contributed by atoms with E-state index in [-0.39, 0.29) is 5.82 Å². The zero-order chi connectivity index (χ0) is 10.5. The molecule has 1 aromatic rings. The van der Waals surface area contributed by atoms with E-state index in [4.69, 9.17) is 0 Å². The molecule has 2 rings (SSSR count). The molecule has 1 aromatic heterocycles. The summed E-state index contributed by atoms with van der Waals surface area (Å²) < 4.78 is 13.4. The molecular formula is C12H17FN2. The first-order chi connectivity index (χ1) is 7.36. The lowest BCUT2D eigenvalue weighted by Gasteiger charge is -2.19. The van der Waals surface area contributed by atoms with E-state index < -0.39 is 0 Å². The van der Waals surface area contributed by atoms with Gasteiger partial charge in [0.05, 0.1) is 5.69 Å². The summed E-state index contributed by atoms with van der Waals surface area (Å²) in [5, 5.41) is 0. The van der Waals surface area contributed by atoms with Crippen LogP contribution in [0.25, 0.3) is 0 Å². The number of halogens is 1. The van der Waals surface area contributed by atoms with Crippen molar-refractivity contribution in [1.82, 2.24) is 9.88 Å². The second-order valence-electron chi connectivity index (χ2n) is 4.12. The molecular weight excluding hydrogens is 191 g/mol. The van der Waals surface area contributed by atoms with Crippen molar-refractivity contribution in [3.05, 3.63) is 29.8 Å². The first-order valence-corrected chi connectivity index (χ1v) is 5.68. The molecule has 0 N–H and O–H groups in total. The van der Waals surface area contributed by atoms with Crippen LogP contribution in [-0.4, -0.2) is 23.0 Å². The summed E-state index contributed by atoms with van der Waals surface area (Å²) in [4.78, 5) is 6.39. The Morgan fingerprint density at radius 2 is 1.93 bits per heavy atom. The van der Waals surface area contributed by atoms with E-state index in [1.165, 1.54) is 31.7 Å². The lowest BCUT2D eigenvalue weighted by Crippen LogP contribution is -2.25. The van der Waals surface area contributed by atoms with Gasteiger partial charge in [-0.15, -0.1) is 0 Å². The average molecular weight is 208 g/mol. The number of rotatable bonds is 2. The van der Waals surface area contributed by atoms with Crippen molar-refractivity contribution < 1.29 is 4.39 Å².